The molecule has 82 valence electrons. The molecule has 2 aromatic rings. The molecule has 0 bridgehead atoms. The lowest BCUT2D eigenvalue weighted by Crippen LogP contribution is -2.22. The van der Waals surface area contributed by atoms with E-state index >= 15 is 0 Å². The van der Waals surface area contributed by atoms with E-state index in [0.29, 0.717) is 5.15 Å². The number of aromatic nitrogens is 3. The fourth-order valence-corrected chi connectivity index (χ4v) is 2.08. The number of nitrogens with one attached hydrogen (secondary N) is 1. The number of halogens is 1. The third kappa shape index (κ3) is 1.60. The van der Waals surface area contributed by atoms with Gasteiger partial charge >= 0.3 is 0 Å². The molecule has 0 atom stereocenters. The average molecular weight is 235 g/mol. The topological polar surface area (TPSA) is 42.7 Å². The van der Waals surface area contributed by atoms with E-state index < -0.39 is 0 Å². The van der Waals surface area contributed by atoms with Crippen molar-refractivity contribution >= 4 is 28.2 Å². The summed E-state index contributed by atoms with van der Waals surface area (Å²) in [6.45, 7) is 1.89. The maximum absolute atomic E-state index is 5.90. The summed E-state index contributed by atoms with van der Waals surface area (Å²) >= 11 is 5.90. The summed E-state index contributed by atoms with van der Waals surface area (Å²) in [5.74, 6) is 0. The maximum Gasteiger partial charge on any atom is 0.131 e. The SMILES string of the molecule is Clc1cc2c(cn1)cnn2C1=CCNCC1. The van der Waals surface area contributed by atoms with E-state index in [2.05, 4.69) is 21.5 Å². The minimum Gasteiger partial charge on any atom is -0.313 e. The Morgan fingerprint density at radius 3 is 3.12 bits per heavy atom. The zero-order chi connectivity index (χ0) is 11.0. The second kappa shape index (κ2) is 3.88. The second-order valence-electron chi connectivity index (χ2n) is 3.77. The molecule has 5 heteroatoms. The summed E-state index contributed by atoms with van der Waals surface area (Å²) in [4.78, 5) is 4.05. The predicted octanol–water partition coefficient (Wildman–Crippen LogP) is 1.92. The Morgan fingerprint density at radius 2 is 2.31 bits per heavy atom. The van der Waals surface area contributed by atoms with Crippen LogP contribution in [0.25, 0.3) is 16.6 Å². The van der Waals surface area contributed by atoms with Crippen LogP contribution in [0, 0.1) is 0 Å². The van der Waals surface area contributed by atoms with Gasteiger partial charge in [-0.05, 0) is 6.08 Å². The number of pyridine rings is 1. The highest BCUT2D eigenvalue weighted by molar-refractivity contribution is 6.30. The summed E-state index contributed by atoms with van der Waals surface area (Å²) in [6.07, 6.45) is 6.71. The molecular weight excluding hydrogens is 224 g/mol. The van der Waals surface area contributed by atoms with E-state index in [9.17, 15) is 0 Å². The normalized spacial score (nSPS) is 16.4. The van der Waals surface area contributed by atoms with Crippen LogP contribution in [0.4, 0.5) is 0 Å². The van der Waals surface area contributed by atoms with Crippen LogP contribution in [0.15, 0.2) is 24.5 Å². The van der Waals surface area contributed by atoms with Crippen molar-refractivity contribution in [2.45, 2.75) is 6.42 Å². The Bertz CT molecular complexity index is 558. The highest BCUT2D eigenvalue weighted by atomic mass is 35.5. The molecule has 3 heterocycles. The van der Waals surface area contributed by atoms with Gasteiger partial charge in [0.25, 0.3) is 0 Å². The van der Waals surface area contributed by atoms with Crippen LogP contribution < -0.4 is 5.32 Å². The quantitative estimate of drug-likeness (QED) is 0.767. The zero-order valence-electron chi connectivity index (χ0n) is 8.65. The van der Waals surface area contributed by atoms with Gasteiger partial charge in [-0.2, -0.15) is 5.10 Å². The molecule has 0 spiro atoms. The monoisotopic (exact) mass is 234 g/mol. The lowest BCUT2D eigenvalue weighted by atomic mass is 10.2. The first kappa shape index (κ1) is 9.81. The van der Waals surface area contributed by atoms with Crippen LogP contribution in [0.3, 0.4) is 0 Å². The molecule has 0 saturated heterocycles. The van der Waals surface area contributed by atoms with E-state index in [4.69, 9.17) is 11.6 Å². The Balaban J connectivity index is 2.16. The summed E-state index contributed by atoms with van der Waals surface area (Å²) in [7, 11) is 0. The van der Waals surface area contributed by atoms with Crippen LogP contribution in [-0.2, 0) is 0 Å². The smallest absolute Gasteiger partial charge is 0.131 e. The van der Waals surface area contributed by atoms with E-state index in [0.717, 1.165) is 30.4 Å². The van der Waals surface area contributed by atoms with E-state index in [1.54, 1.807) is 6.20 Å². The fourth-order valence-electron chi connectivity index (χ4n) is 1.93. The van der Waals surface area contributed by atoms with Gasteiger partial charge in [-0.1, -0.05) is 11.6 Å². The first-order valence-corrected chi connectivity index (χ1v) is 5.62. The maximum atomic E-state index is 5.90. The molecule has 0 aliphatic carbocycles. The molecule has 0 saturated carbocycles. The van der Waals surface area contributed by atoms with Crippen LogP contribution in [-0.4, -0.2) is 27.9 Å². The van der Waals surface area contributed by atoms with E-state index in [1.165, 1.54) is 5.70 Å². The molecule has 0 unspecified atom stereocenters. The van der Waals surface area contributed by atoms with E-state index in [1.807, 2.05) is 16.9 Å². The first-order valence-electron chi connectivity index (χ1n) is 5.24. The average Bonchev–Trinajstić information content (AvgIpc) is 2.73. The highest BCUT2D eigenvalue weighted by Crippen LogP contribution is 2.21. The Hall–Kier alpha value is -1.39. The van der Waals surface area contributed by atoms with Gasteiger partial charge in [0.2, 0.25) is 0 Å². The number of hydrogen-bond donors (Lipinski definition) is 1. The van der Waals surface area contributed by atoms with Crippen LogP contribution in [0.5, 0.6) is 0 Å². The van der Waals surface area contributed by atoms with Crippen LogP contribution in [0.2, 0.25) is 5.15 Å². The third-order valence-corrected chi connectivity index (χ3v) is 2.94. The number of rotatable bonds is 1. The summed E-state index contributed by atoms with van der Waals surface area (Å²) in [5, 5.41) is 9.18. The van der Waals surface area contributed by atoms with Gasteiger partial charge in [0.15, 0.2) is 0 Å². The van der Waals surface area contributed by atoms with Crippen molar-refractivity contribution in [1.82, 2.24) is 20.1 Å². The lowest BCUT2D eigenvalue weighted by molar-refractivity contribution is 0.706. The van der Waals surface area contributed by atoms with Gasteiger partial charge in [0, 0.05) is 42.9 Å². The molecule has 0 amide bonds. The molecule has 0 radical (unpaired) electrons. The molecule has 1 N–H and O–H groups in total. The molecule has 3 rings (SSSR count). The Morgan fingerprint density at radius 1 is 1.38 bits per heavy atom. The van der Waals surface area contributed by atoms with Crippen molar-refractivity contribution in [3.8, 4) is 0 Å². The van der Waals surface area contributed by atoms with Gasteiger partial charge in [0.1, 0.15) is 5.15 Å². The Kier molecular flexibility index (Phi) is 2.38. The van der Waals surface area contributed by atoms with Crippen molar-refractivity contribution < 1.29 is 0 Å². The zero-order valence-corrected chi connectivity index (χ0v) is 9.41. The van der Waals surface area contributed by atoms with Crippen LogP contribution >= 0.6 is 11.6 Å². The van der Waals surface area contributed by atoms with Gasteiger partial charge in [0.05, 0.1) is 11.7 Å². The van der Waals surface area contributed by atoms with Crippen molar-refractivity contribution in [3.63, 3.8) is 0 Å². The third-order valence-electron chi connectivity index (χ3n) is 2.73. The first-order chi connectivity index (χ1) is 7.84. The summed E-state index contributed by atoms with van der Waals surface area (Å²) in [6, 6.07) is 1.85. The molecule has 16 heavy (non-hydrogen) atoms. The second-order valence-corrected chi connectivity index (χ2v) is 4.16. The molecule has 0 fully saturated rings. The molecule has 4 nitrogen and oxygen atoms in total. The molecule has 1 aliphatic heterocycles. The van der Waals surface area contributed by atoms with Crippen molar-refractivity contribution in [1.29, 1.82) is 0 Å². The minimum absolute atomic E-state index is 0.504. The minimum atomic E-state index is 0.504. The Labute approximate surface area is 97.9 Å². The van der Waals surface area contributed by atoms with Gasteiger partial charge in [-0.25, -0.2) is 9.67 Å². The van der Waals surface area contributed by atoms with Crippen LogP contribution in [0.1, 0.15) is 6.42 Å². The molecule has 2 aromatic heterocycles. The summed E-state index contributed by atoms with van der Waals surface area (Å²) in [5.41, 5.74) is 2.24. The van der Waals surface area contributed by atoms with Crippen molar-refractivity contribution in [2.75, 3.05) is 13.1 Å². The molecule has 0 aromatic carbocycles. The molecule has 1 aliphatic rings. The number of fused-ring (bicyclic) bond motifs is 1. The lowest BCUT2D eigenvalue weighted by Gasteiger charge is -2.14. The van der Waals surface area contributed by atoms with E-state index in [-0.39, 0.29) is 0 Å². The largest absolute Gasteiger partial charge is 0.313 e. The fraction of sp³-hybridized carbons (Fsp3) is 0.273. The summed E-state index contributed by atoms with van der Waals surface area (Å²) < 4.78 is 1.95. The van der Waals surface area contributed by atoms with Crippen molar-refractivity contribution in [2.24, 2.45) is 0 Å². The van der Waals surface area contributed by atoms with Gasteiger partial charge in [-0.15, -0.1) is 0 Å². The number of hydrogen-bond acceptors (Lipinski definition) is 3. The van der Waals surface area contributed by atoms with Crippen molar-refractivity contribution in [3.05, 3.63) is 29.7 Å². The van der Waals surface area contributed by atoms with Gasteiger partial charge < -0.3 is 5.32 Å². The highest BCUT2D eigenvalue weighted by Gasteiger charge is 2.10. The number of nitrogens with zero attached hydrogens (tertiary/aromatic N) is 3. The molecular formula is C11H11ClN4. The van der Waals surface area contributed by atoms with Gasteiger partial charge in [-0.3, -0.25) is 0 Å². The standard InChI is InChI=1S/C11H11ClN4/c12-11-5-10-8(6-14-11)7-15-16(10)9-1-3-13-4-2-9/h1,5-7,13H,2-4H2. The predicted molar refractivity (Wildman–Crippen MR) is 64.3 cm³/mol.